The summed E-state index contributed by atoms with van der Waals surface area (Å²) in [6.45, 7) is 3.68. The van der Waals surface area contributed by atoms with Gasteiger partial charge in [-0.25, -0.2) is 4.79 Å². The zero-order valence-corrected chi connectivity index (χ0v) is 13.2. The molecule has 0 atom stereocenters. The summed E-state index contributed by atoms with van der Waals surface area (Å²) in [5, 5.41) is 2.53. The molecule has 2 rings (SSSR count). The zero-order chi connectivity index (χ0) is 17.0. The quantitative estimate of drug-likeness (QED) is 0.491. The SMILES string of the molecule is C=CCN1C(=O)N/C(=C/c2cc(OC)c(OC)c(OC)c2)C1=O. The first-order valence-electron chi connectivity index (χ1n) is 6.81. The normalized spacial score (nSPS) is 15.6. The van der Waals surface area contributed by atoms with Gasteiger partial charge in [0.25, 0.3) is 5.91 Å². The molecule has 1 aromatic carbocycles. The van der Waals surface area contributed by atoms with Crippen molar-refractivity contribution < 1.29 is 23.8 Å². The predicted molar refractivity (Wildman–Crippen MR) is 84.5 cm³/mol. The number of hydrogen-bond donors (Lipinski definition) is 1. The number of nitrogens with zero attached hydrogens (tertiary/aromatic N) is 1. The fraction of sp³-hybridized carbons (Fsp3) is 0.250. The van der Waals surface area contributed by atoms with E-state index in [4.69, 9.17) is 14.2 Å². The third-order valence-corrected chi connectivity index (χ3v) is 3.27. The highest BCUT2D eigenvalue weighted by Gasteiger charge is 2.32. The molecule has 7 nitrogen and oxygen atoms in total. The van der Waals surface area contributed by atoms with E-state index in [2.05, 4.69) is 11.9 Å². The lowest BCUT2D eigenvalue weighted by atomic mass is 10.1. The van der Waals surface area contributed by atoms with Gasteiger partial charge in [0.2, 0.25) is 5.75 Å². The van der Waals surface area contributed by atoms with Gasteiger partial charge in [-0.05, 0) is 23.8 Å². The Kier molecular flexibility index (Phi) is 4.90. The molecule has 1 fully saturated rings. The lowest BCUT2D eigenvalue weighted by Gasteiger charge is -2.13. The van der Waals surface area contributed by atoms with E-state index in [-0.39, 0.29) is 12.2 Å². The Morgan fingerprint density at radius 1 is 1.13 bits per heavy atom. The van der Waals surface area contributed by atoms with E-state index >= 15 is 0 Å². The molecule has 1 heterocycles. The minimum atomic E-state index is -0.478. The maximum Gasteiger partial charge on any atom is 0.329 e. The van der Waals surface area contributed by atoms with E-state index in [9.17, 15) is 9.59 Å². The van der Waals surface area contributed by atoms with E-state index in [0.717, 1.165) is 4.90 Å². The molecule has 3 amide bonds. The molecule has 1 N–H and O–H groups in total. The fourth-order valence-corrected chi connectivity index (χ4v) is 2.22. The first-order valence-corrected chi connectivity index (χ1v) is 6.81. The average molecular weight is 318 g/mol. The van der Waals surface area contributed by atoms with E-state index < -0.39 is 11.9 Å². The van der Waals surface area contributed by atoms with Gasteiger partial charge in [-0.3, -0.25) is 9.69 Å². The molecule has 1 aliphatic rings. The summed E-state index contributed by atoms with van der Waals surface area (Å²) in [5.41, 5.74) is 0.801. The number of carbonyl (C=O) groups excluding carboxylic acids is 2. The molecule has 122 valence electrons. The third kappa shape index (κ3) is 3.13. The van der Waals surface area contributed by atoms with Gasteiger partial charge in [-0.2, -0.15) is 0 Å². The number of benzene rings is 1. The highest BCUT2D eigenvalue weighted by Crippen LogP contribution is 2.38. The van der Waals surface area contributed by atoms with Crippen molar-refractivity contribution in [2.45, 2.75) is 0 Å². The molecule has 1 aliphatic heterocycles. The van der Waals surface area contributed by atoms with Crippen LogP contribution in [0.15, 0.2) is 30.5 Å². The molecule has 0 unspecified atom stereocenters. The molecule has 0 aromatic heterocycles. The minimum absolute atomic E-state index is 0.150. The van der Waals surface area contributed by atoms with Crippen LogP contribution in [-0.4, -0.2) is 44.7 Å². The van der Waals surface area contributed by atoms with Crippen LogP contribution in [0.1, 0.15) is 5.56 Å². The largest absolute Gasteiger partial charge is 0.493 e. The smallest absolute Gasteiger partial charge is 0.329 e. The van der Waals surface area contributed by atoms with Crippen molar-refractivity contribution >= 4 is 18.0 Å². The van der Waals surface area contributed by atoms with E-state index in [1.54, 1.807) is 18.2 Å². The number of carbonyl (C=O) groups is 2. The molecule has 0 bridgehead atoms. The Bertz CT molecular complexity index is 656. The number of amides is 3. The summed E-state index contributed by atoms with van der Waals surface area (Å²) in [7, 11) is 4.51. The number of rotatable bonds is 6. The Morgan fingerprint density at radius 2 is 1.74 bits per heavy atom. The van der Waals surface area contributed by atoms with E-state index in [1.807, 2.05) is 0 Å². The maximum absolute atomic E-state index is 12.2. The lowest BCUT2D eigenvalue weighted by molar-refractivity contribution is -0.122. The number of nitrogens with one attached hydrogen (secondary N) is 1. The molecule has 0 aliphatic carbocycles. The maximum atomic E-state index is 12.2. The van der Waals surface area contributed by atoms with Gasteiger partial charge in [0.05, 0.1) is 21.3 Å². The fourth-order valence-electron chi connectivity index (χ4n) is 2.22. The van der Waals surface area contributed by atoms with Gasteiger partial charge in [0.15, 0.2) is 11.5 Å². The van der Waals surface area contributed by atoms with Crippen molar-refractivity contribution in [3.63, 3.8) is 0 Å². The monoisotopic (exact) mass is 318 g/mol. The second-order valence-electron chi connectivity index (χ2n) is 4.65. The third-order valence-electron chi connectivity index (χ3n) is 3.27. The van der Waals surface area contributed by atoms with Crippen molar-refractivity contribution in [2.75, 3.05) is 27.9 Å². The van der Waals surface area contributed by atoms with Crippen molar-refractivity contribution in [3.05, 3.63) is 36.0 Å². The van der Waals surface area contributed by atoms with Crippen molar-refractivity contribution in [1.29, 1.82) is 0 Å². The first-order chi connectivity index (χ1) is 11.0. The van der Waals surface area contributed by atoms with Crippen LogP contribution in [0.25, 0.3) is 6.08 Å². The van der Waals surface area contributed by atoms with E-state index in [0.29, 0.717) is 22.8 Å². The van der Waals surface area contributed by atoms with Crippen LogP contribution in [-0.2, 0) is 4.79 Å². The first kappa shape index (κ1) is 16.4. The second kappa shape index (κ2) is 6.87. The Balaban J connectivity index is 2.41. The molecule has 1 aromatic rings. The van der Waals surface area contributed by atoms with Gasteiger partial charge >= 0.3 is 6.03 Å². The van der Waals surface area contributed by atoms with Crippen LogP contribution in [0.4, 0.5) is 4.79 Å². The number of urea groups is 1. The van der Waals surface area contributed by atoms with Crippen molar-refractivity contribution in [3.8, 4) is 17.2 Å². The highest BCUT2D eigenvalue weighted by atomic mass is 16.5. The summed E-state index contributed by atoms with van der Waals surface area (Å²) in [6.07, 6.45) is 3.04. The lowest BCUT2D eigenvalue weighted by Crippen LogP contribution is -2.30. The molecule has 23 heavy (non-hydrogen) atoms. The van der Waals surface area contributed by atoms with Gasteiger partial charge in [-0.1, -0.05) is 6.08 Å². The van der Waals surface area contributed by atoms with Gasteiger partial charge < -0.3 is 19.5 Å². The molecule has 0 radical (unpaired) electrons. The number of methoxy groups -OCH3 is 3. The Labute approximate surface area is 134 Å². The van der Waals surface area contributed by atoms with Gasteiger partial charge in [0, 0.05) is 6.54 Å². The summed E-state index contributed by atoms with van der Waals surface area (Å²) in [4.78, 5) is 25.0. The number of hydrogen-bond acceptors (Lipinski definition) is 5. The van der Waals surface area contributed by atoms with Crippen LogP contribution >= 0.6 is 0 Å². The van der Waals surface area contributed by atoms with Crippen LogP contribution in [0, 0.1) is 0 Å². The highest BCUT2D eigenvalue weighted by molar-refractivity contribution is 6.14. The van der Waals surface area contributed by atoms with Crippen LogP contribution in [0.2, 0.25) is 0 Å². The van der Waals surface area contributed by atoms with Crippen molar-refractivity contribution in [2.24, 2.45) is 0 Å². The second-order valence-corrected chi connectivity index (χ2v) is 4.65. The molecule has 0 saturated carbocycles. The Morgan fingerprint density at radius 3 is 2.22 bits per heavy atom. The molecule has 0 spiro atoms. The standard InChI is InChI=1S/C16H18N2O5/c1-5-6-18-15(19)11(17-16(18)20)7-10-8-12(21-2)14(23-4)13(9-10)22-3/h5,7-9H,1,6H2,2-4H3,(H,17,20)/b11-7+. The van der Waals surface area contributed by atoms with Crippen molar-refractivity contribution in [1.82, 2.24) is 10.2 Å². The average Bonchev–Trinajstić information content (AvgIpc) is 2.81. The van der Waals surface area contributed by atoms with E-state index in [1.165, 1.54) is 27.4 Å². The predicted octanol–water partition coefficient (Wildman–Crippen LogP) is 1.79. The minimum Gasteiger partial charge on any atom is -0.493 e. The van der Waals surface area contributed by atoms with Gasteiger partial charge in [0.1, 0.15) is 5.70 Å². The summed E-state index contributed by atoms with van der Waals surface area (Å²) in [5.74, 6) is 0.952. The van der Waals surface area contributed by atoms with Crippen LogP contribution < -0.4 is 19.5 Å². The summed E-state index contributed by atoms with van der Waals surface area (Å²) >= 11 is 0. The summed E-state index contributed by atoms with van der Waals surface area (Å²) in [6, 6.07) is 2.89. The number of imide groups is 1. The summed E-state index contributed by atoms with van der Waals surface area (Å²) < 4.78 is 15.8. The van der Waals surface area contributed by atoms with Crippen LogP contribution in [0.3, 0.4) is 0 Å². The molecular weight excluding hydrogens is 300 g/mol. The van der Waals surface area contributed by atoms with Gasteiger partial charge in [-0.15, -0.1) is 6.58 Å². The topological polar surface area (TPSA) is 77.1 Å². The molecule has 7 heteroatoms. The van der Waals surface area contributed by atoms with Crippen LogP contribution in [0.5, 0.6) is 17.2 Å². The molecular formula is C16H18N2O5. The number of ether oxygens (including phenoxy) is 3. The zero-order valence-electron chi connectivity index (χ0n) is 13.2. The molecule has 1 saturated heterocycles. The Hall–Kier alpha value is -2.96.